The van der Waals surface area contributed by atoms with Crippen LogP contribution in [-0.4, -0.2) is 48.3 Å². The molecule has 4 rings (SSSR count). The molecular formula is C25H33IN4O. The number of hydrogen-bond acceptors (Lipinski definition) is 2. The second-order valence-electron chi connectivity index (χ2n) is 8.39. The number of nitrogens with zero attached hydrogens (tertiary/aromatic N) is 3. The van der Waals surface area contributed by atoms with Crippen molar-refractivity contribution in [3.05, 3.63) is 71.3 Å². The van der Waals surface area contributed by atoms with Crippen molar-refractivity contribution in [3.63, 3.8) is 0 Å². The maximum absolute atomic E-state index is 12.6. The summed E-state index contributed by atoms with van der Waals surface area (Å²) in [6, 6.07) is 19.1. The topological polar surface area (TPSA) is 47.9 Å². The van der Waals surface area contributed by atoms with Gasteiger partial charge in [0.05, 0.1) is 0 Å². The minimum Gasteiger partial charge on any atom is -0.356 e. The molecule has 5 nitrogen and oxygen atoms in total. The lowest BCUT2D eigenvalue weighted by Crippen LogP contribution is -2.40. The molecular weight excluding hydrogens is 499 g/mol. The lowest BCUT2D eigenvalue weighted by molar-refractivity contribution is -0.131. The zero-order valence-corrected chi connectivity index (χ0v) is 20.6. The van der Waals surface area contributed by atoms with Crippen LogP contribution < -0.4 is 5.32 Å². The number of aliphatic imine (C=N–C) groups is 1. The van der Waals surface area contributed by atoms with E-state index in [0.29, 0.717) is 12.3 Å². The number of halogens is 1. The van der Waals surface area contributed by atoms with Crippen LogP contribution in [0.15, 0.2) is 59.6 Å². The monoisotopic (exact) mass is 532 g/mol. The molecule has 1 unspecified atom stereocenters. The Balaban J connectivity index is 0.00000272. The second-order valence-corrected chi connectivity index (χ2v) is 8.39. The van der Waals surface area contributed by atoms with Gasteiger partial charge in [-0.2, -0.15) is 0 Å². The van der Waals surface area contributed by atoms with Crippen LogP contribution in [-0.2, 0) is 24.3 Å². The third-order valence-electron chi connectivity index (χ3n) is 6.21. The first-order valence-electron chi connectivity index (χ1n) is 11.1. The molecule has 1 saturated heterocycles. The highest BCUT2D eigenvalue weighted by molar-refractivity contribution is 14.0. The van der Waals surface area contributed by atoms with Crippen molar-refractivity contribution in [2.24, 2.45) is 10.9 Å². The molecule has 6 heteroatoms. The highest BCUT2D eigenvalue weighted by Gasteiger charge is 2.25. The Morgan fingerprint density at radius 3 is 2.39 bits per heavy atom. The van der Waals surface area contributed by atoms with Gasteiger partial charge in [-0.25, -0.2) is 0 Å². The van der Waals surface area contributed by atoms with Crippen molar-refractivity contribution in [3.8, 4) is 0 Å². The lowest BCUT2D eigenvalue weighted by Gasteiger charge is -2.22. The highest BCUT2D eigenvalue weighted by atomic mass is 127. The summed E-state index contributed by atoms with van der Waals surface area (Å²) in [6.07, 6.45) is 3.73. The van der Waals surface area contributed by atoms with Crippen LogP contribution in [0.2, 0.25) is 0 Å². The molecule has 2 aliphatic heterocycles. The summed E-state index contributed by atoms with van der Waals surface area (Å²) in [7, 11) is 1.85. The molecule has 2 aromatic carbocycles. The summed E-state index contributed by atoms with van der Waals surface area (Å²) in [5.41, 5.74) is 3.97. The normalized spacial score (nSPS) is 18.0. The first-order chi connectivity index (χ1) is 14.7. The number of guanidine groups is 1. The molecule has 1 fully saturated rings. The Hall–Kier alpha value is -2.09. The number of hydrogen-bond donors (Lipinski definition) is 1. The van der Waals surface area contributed by atoms with E-state index in [-0.39, 0.29) is 29.9 Å². The van der Waals surface area contributed by atoms with Crippen LogP contribution in [0, 0.1) is 5.92 Å². The fourth-order valence-corrected chi connectivity index (χ4v) is 4.58. The fourth-order valence-electron chi connectivity index (χ4n) is 4.58. The van der Waals surface area contributed by atoms with Gasteiger partial charge in [0.25, 0.3) is 0 Å². The Morgan fingerprint density at radius 2 is 1.71 bits per heavy atom. The van der Waals surface area contributed by atoms with Crippen molar-refractivity contribution in [2.75, 3.05) is 26.7 Å². The summed E-state index contributed by atoms with van der Waals surface area (Å²) in [4.78, 5) is 21.3. The van der Waals surface area contributed by atoms with Gasteiger partial charge >= 0.3 is 0 Å². The van der Waals surface area contributed by atoms with Gasteiger partial charge in [0.1, 0.15) is 0 Å². The molecule has 0 radical (unpaired) electrons. The number of benzene rings is 2. The van der Waals surface area contributed by atoms with Crippen LogP contribution in [0.25, 0.3) is 0 Å². The minimum atomic E-state index is 0. The van der Waals surface area contributed by atoms with Gasteiger partial charge in [0.15, 0.2) is 5.96 Å². The summed E-state index contributed by atoms with van der Waals surface area (Å²) < 4.78 is 0. The van der Waals surface area contributed by atoms with E-state index in [9.17, 15) is 4.79 Å². The number of amides is 1. The maximum atomic E-state index is 12.6. The van der Waals surface area contributed by atoms with Gasteiger partial charge in [-0.1, -0.05) is 54.6 Å². The van der Waals surface area contributed by atoms with E-state index in [1.807, 2.05) is 24.1 Å². The average molecular weight is 532 g/mol. The zero-order valence-electron chi connectivity index (χ0n) is 18.3. The van der Waals surface area contributed by atoms with E-state index >= 15 is 0 Å². The first kappa shape index (κ1) is 23.6. The number of rotatable bonds is 6. The molecule has 0 aliphatic carbocycles. The Labute approximate surface area is 202 Å². The summed E-state index contributed by atoms with van der Waals surface area (Å²) in [5.74, 6) is 1.88. The van der Waals surface area contributed by atoms with Gasteiger partial charge < -0.3 is 15.1 Å². The molecule has 31 heavy (non-hydrogen) atoms. The molecule has 2 aromatic rings. The summed E-state index contributed by atoms with van der Waals surface area (Å²) >= 11 is 0. The summed E-state index contributed by atoms with van der Waals surface area (Å²) in [6.45, 7) is 4.36. The van der Waals surface area contributed by atoms with Crippen LogP contribution in [0.4, 0.5) is 0 Å². The second kappa shape index (κ2) is 11.5. The maximum Gasteiger partial charge on any atom is 0.223 e. The molecule has 0 aromatic heterocycles. The molecule has 0 spiro atoms. The standard InChI is InChI=1S/C25H32N4O.HI/c1-26-25(28-15-13-21(17-28)16-20-8-3-2-4-9-20)27-14-7-12-24(30)29-18-22-10-5-6-11-23(22)19-29;/h2-6,8-11,21H,7,12-19H2,1H3,(H,26,27);1H. The van der Waals surface area contributed by atoms with E-state index in [4.69, 9.17) is 0 Å². The zero-order chi connectivity index (χ0) is 20.8. The average Bonchev–Trinajstić information content (AvgIpc) is 3.41. The molecule has 2 heterocycles. The van der Waals surface area contributed by atoms with Crippen molar-refractivity contribution in [2.45, 2.75) is 38.8 Å². The predicted octanol–water partition coefficient (Wildman–Crippen LogP) is 4.07. The Bertz CT molecular complexity index is 861. The number of nitrogens with one attached hydrogen (secondary N) is 1. The predicted molar refractivity (Wildman–Crippen MR) is 137 cm³/mol. The quantitative estimate of drug-likeness (QED) is 0.264. The van der Waals surface area contributed by atoms with E-state index < -0.39 is 0 Å². The van der Waals surface area contributed by atoms with Gasteiger partial charge in [-0.3, -0.25) is 9.79 Å². The molecule has 0 saturated carbocycles. The molecule has 1 atom stereocenters. The number of carbonyl (C=O) groups is 1. The highest BCUT2D eigenvalue weighted by Crippen LogP contribution is 2.23. The SMILES string of the molecule is CN=C(NCCCC(=O)N1Cc2ccccc2C1)N1CCC(Cc2ccccc2)C1.I. The molecule has 0 bridgehead atoms. The van der Waals surface area contributed by atoms with Crippen molar-refractivity contribution < 1.29 is 4.79 Å². The van der Waals surface area contributed by atoms with E-state index in [2.05, 4.69) is 57.7 Å². The van der Waals surface area contributed by atoms with Crippen molar-refractivity contribution in [1.82, 2.24) is 15.1 Å². The van der Waals surface area contributed by atoms with E-state index in [1.165, 1.54) is 23.1 Å². The first-order valence-corrected chi connectivity index (χ1v) is 11.1. The van der Waals surface area contributed by atoms with Gasteiger partial charge in [0.2, 0.25) is 5.91 Å². The molecule has 1 N–H and O–H groups in total. The number of fused-ring (bicyclic) bond motifs is 1. The van der Waals surface area contributed by atoms with Gasteiger partial charge in [-0.15, -0.1) is 24.0 Å². The number of carbonyl (C=O) groups excluding carboxylic acids is 1. The fraction of sp³-hybridized carbons (Fsp3) is 0.440. The molecule has 166 valence electrons. The van der Waals surface area contributed by atoms with Crippen LogP contribution in [0.3, 0.4) is 0 Å². The number of likely N-dealkylation sites (tertiary alicyclic amines) is 1. The van der Waals surface area contributed by atoms with E-state index in [1.54, 1.807) is 0 Å². The third kappa shape index (κ3) is 6.21. The molecule has 2 aliphatic rings. The molecule has 1 amide bonds. The van der Waals surface area contributed by atoms with Crippen LogP contribution in [0.1, 0.15) is 36.0 Å². The van der Waals surface area contributed by atoms with Gasteiger partial charge in [-0.05, 0) is 41.9 Å². The van der Waals surface area contributed by atoms with E-state index in [0.717, 1.165) is 51.5 Å². The van der Waals surface area contributed by atoms with Crippen LogP contribution >= 0.6 is 24.0 Å². The van der Waals surface area contributed by atoms with Crippen LogP contribution in [0.5, 0.6) is 0 Å². The van der Waals surface area contributed by atoms with Gasteiger partial charge in [0, 0.05) is 46.2 Å². The Kier molecular flexibility index (Phi) is 8.75. The smallest absolute Gasteiger partial charge is 0.223 e. The van der Waals surface area contributed by atoms with Crippen molar-refractivity contribution >= 4 is 35.8 Å². The Morgan fingerprint density at radius 1 is 1.03 bits per heavy atom. The lowest BCUT2D eigenvalue weighted by atomic mass is 9.99. The summed E-state index contributed by atoms with van der Waals surface area (Å²) in [5, 5.41) is 3.46. The van der Waals surface area contributed by atoms with Crippen molar-refractivity contribution in [1.29, 1.82) is 0 Å². The largest absolute Gasteiger partial charge is 0.356 e. The minimum absolute atomic E-state index is 0. The third-order valence-corrected chi connectivity index (χ3v) is 6.21.